The molecular formula is C16H15ClN2O5. The summed E-state index contributed by atoms with van der Waals surface area (Å²) in [5, 5.41) is 5.74. The van der Waals surface area contributed by atoms with E-state index >= 15 is 0 Å². The molecule has 0 unspecified atom stereocenters. The van der Waals surface area contributed by atoms with E-state index < -0.39 is 6.03 Å². The molecule has 0 aliphatic carbocycles. The number of fused-ring (bicyclic) bond motifs is 1. The summed E-state index contributed by atoms with van der Waals surface area (Å²) >= 11 is 6.08. The molecule has 2 aromatic rings. The van der Waals surface area contributed by atoms with Gasteiger partial charge in [0.2, 0.25) is 6.79 Å². The lowest BCUT2D eigenvalue weighted by Gasteiger charge is -2.13. The van der Waals surface area contributed by atoms with Crippen LogP contribution >= 0.6 is 11.6 Å². The molecule has 1 heterocycles. The predicted molar refractivity (Wildman–Crippen MR) is 89.8 cm³/mol. The van der Waals surface area contributed by atoms with Crippen LogP contribution in [0.15, 0.2) is 30.3 Å². The first kappa shape index (κ1) is 16.1. The molecule has 1 aliphatic heterocycles. The molecule has 0 fully saturated rings. The topological polar surface area (TPSA) is 78.1 Å². The molecule has 0 saturated heterocycles. The highest BCUT2D eigenvalue weighted by atomic mass is 35.5. The van der Waals surface area contributed by atoms with E-state index in [0.29, 0.717) is 39.4 Å². The van der Waals surface area contributed by atoms with Crippen molar-refractivity contribution in [1.29, 1.82) is 0 Å². The normalized spacial score (nSPS) is 11.8. The average molecular weight is 351 g/mol. The highest BCUT2D eigenvalue weighted by molar-refractivity contribution is 6.32. The maximum atomic E-state index is 12.2. The number of halogens is 1. The van der Waals surface area contributed by atoms with E-state index in [0.717, 1.165) is 0 Å². The van der Waals surface area contributed by atoms with Crippen molar-refractivity contribution in [3.05, 3.63) is 35.4 Å². The van der Waals surface area contributed by atoms with Crippen molar-refractivity contribution in [2.75, 3.05) is 31.6 Å². The highest BCUT2D eigenvalue weighted by Gasteiger charge is 2.15. The number of hydrogen-bond acceptors (Lipinski definition) is 5. The fourth-order valence-corrected chi connectivity index (χ4v) is 2.46. The summed E-state index contributed by atoms with van der Waals surface area (Å²) in [6.45, 7) is 0.173. The molecule has 0 bridgehead atoms. The molecule has 0 aromatic heterocycles. The first-order valence-electron chi connectivity index (χ1n) is 7.00. The van der Waals surface area contributed by atoms with E-state index in [1.807, 2.05) is 0 Å². The number of amides is 2. The second-order valence-corrected chi connectivity index (χ2v) is 5.24. The van der Waals surface area contributed by atoms with Gasteiger partial charge in [-0.05, 0) is 18.2 Å². The average Bonchev–Trinajstić information content (AvgIpc) is 3.02. The van der Waals surface area contributed by atoms with Gasteiger partial charge in [0, 0.05) is 17.8 Å². The summed E-state index contributed by atoms with van der Waals surface area (Å²) in [7, 11) is 2.99. The Bertz CT molecular complexity index is 781. The van der Waals surface area contributed by atoms with Gasteiger partial charge < -0.3 is 29.6 Å². The number of methoxy groups -OCH3 is 2. The Morgan fingerprint density at radius 2 is 1.79 bits per heavy atom. The van der Waals surface area contributed by atoms with Crippen LogP contribution < -0.4 is 29.6 Å². The van der Waals surface area contributed by atoms with Crippen molar-refractivity contribution in [1.82, 2.24) is 0 Å². The Hall–Kier alpha value is -2.80. The van der Waals surface area contributed by atoms with Gasteiger partial charge in [0.1, 0.15) is 11.5 Å². The SMILES string of the molecule is COc1cc(OC)c(NC(=O)Nc2ccc3c(c2)OCO3)cc1Cl. The van der Waals surface area contributed by atoms with Gasteiger partial charge in [0.25, 0.3) is 0 Å². The van der Waals surface area contributed by atoms with Crippen LogP contribution in [-0.2, 0) is 0 Å². The van der Waals surface area contributed by atoms with Crippen LogP contribution in [0.1, 0.15) is 0 Å². The van der Waals surface area contributed by atoms with Crippen molar-refractivity contribution in [3.63, 3.8) is 0 Å². The number of carbonyl (C=O) groups excluding carboxylic acids is 1. The molecule has 2 N–H and O–H groups in total. The Morgan fingerprint density at radius 3 is 2.54 bits per heavy atom. The number of urea groups is 1. The zero-order chi connectivity index (χ0) is 17.1. The molecule has 2 aromatic carbocycles. The number of ether oxygens (including phenoxy) is 4. The molecule has 24 heavy (non-hydrogen) atoms. The van der Waals surface area contributed by atoms with Gasteiger partial charge >= 0.3 is 6.03 Å². The summed E-state index contributed by atoms with van der Waals surface area (Å²) < 4.78 is 20.9. The van der Waals surface area contributed by atoms with Gasteiger partial charge in [-0.1, -0.05) is 11.6 Å². The van der Waals surface area contributed by atoms with Crippen LogP contribution in [0.2, 0.25) is 5.02 Å². The van der Waals surface area contributed by atoms with Crippen LogP contribution in [0.3, 0.4) is 0 Å². The number of anilines is 2. The lowest BCUT2D eigenvalue weighted by molar-refractivity contribution is 0.174. The molecule has 0 spiro atoms. The van der Waals surface area contributed by atoms with Gasteiger partial charge in [-0.25, -0.2) is 4.79 Å². The number of carbonyl (C=O) groups is 1. The number of hydrogen-bond donors (Lipinski definition) is 2. The predicted octanol–water partition coefficient (Wildman–Crippen LogP) is 3.73. The Labute approximate surface area is 143 Å². The van der Waals surface area contributed by atoms with E-state index in [4.69, 9.17) is 30.5 Å². The van der Waals surface area contributed by atoms with Crippen LogP contribution in [0.4, 0.5) is 16.2 Å². The Balaban J connectivity index is 1.74. The fraction of sp³-hybridized carbons (Fsp3) is 0.188. The van der Waals surface area contributed by atoms with Gasteiger partial charge in [0.05, 0.1) is 24.9 Å². The monoisotopic (exact) mass is 350 g/mol. The third-order valence-electron chi connectivity index (χ3n) is 3.35. The fourth-order valence-electron chi connectivity index (χ4n) is 2.22. The molecule has 7 nitrogen and oxygen atoms in total. The summed E-state index contributed by atoms with van der Waals surface area (Å²) in [6.07, 6.45) is 0. The highest BCUT2D eigenvalue weighted by Crippen LogP contribution is 2.36. The molecular weight excluding hydrogens is 336 g/mol. The molecule has 0 atom stereocenters. The Kier molecular flexibility index (Phi) is 4.52. The Morgan fingerprint density at radius 1 is 1.04 bits per heavy atom. The standard InChI is InChI=1S/C16H15ClN2O5/c1-21-13-7-14(22-2)11(6-10(13)17)19-16(20)18-9-3-4-12-15(5-9)24-8-23-12/h3-7H,8H2,1-2H3,(H2,18,19,20). The quantitative estimate of drug-likeness (QED) is 0.878. The third kappa shape index (κ3) is 3.26. The minimum atomic E-state index is -0.451. The molecule has 3 rings (SSSR count). The first-order chi connectivity index (χ1) is 11.6. The van der Waals surface area contributed by atoms with Crippen molar-refractivity contribution < 1.29 is 23.7 Å². The zero-order valence-corrected chi connectivity index (χ0v) is 13.8. The largest absolute Gasteiger partial charge is 0.495 e. The lowest BCUT2D eigenvalue weighted by atomic mass is 10.2. The molecule has 0 radical (unpaired) electrons. The smallest absolute Gasteiger partial charge is 0.323 e. The van der Waals surface area contributed by atoms with E-state index in [2.05, 4.69) is 10.6 Å². The minimum absolute atomic E-state index is 0.173. The van der Waals surface area contributed by atoms with Gasteiger partial charge in [-0.2, -0.15) is 0 Å². The summed E-state index contributed by atoms with van der Waals surface area (Å²) in [6, 6.07) is 7.82. The number of benzene rings is 2. The summed E-state index contributed by atoms with van der Waals surface area (Å²) in [5.74, 6) is 2.11. The lowest BCUT2D eigenvalue weighted by Crippen LogP contribution is -2.19. The van der Waals surface area contributed by atoms with E-state index in [9.17, 15) is 4.79 Å². The molecule has 126 valence electrons. The third-order valence-corrected chi connectivity index (χ3v) is 3.65. The second kappa shape index (κ2) is 6.76. The van der Waals surface area contributed by atoms with Crippen molar-refractivity contribution in [3.8, 4) is 23.0 Å². The van der Waals surface area contributed by atoms with Gasteiger partial charge in [-0.15, -0.1) is 0 Å². The zero-order valence-electron chi connectivity index (χ0n) is 13.0. The maximum Gasteiger partial charge on any atom is 0.323 e. The van der Waals surface area contributed by atoms with Crippen LogP contribution in [-0.4, -0.2) is 27.0 Å². The van der Waals surface area contributed by atoms with Gasteiger partial charge in [-0.3, -0.25) is 0 Å². The van der Waals surface area contributed by atoms with E-state index in [1.165, 1.54) is 14.2 Å². The first-order valence-corrected chi connectivity index (χ1v) is 7.37. The number of rotatable bonds is 4. The van der Waals surface area contributed by atoms with Crippen molar-refractivity contribution in [2.45, 2.75) is 0 Å². The number of nitrogens with one attached hydrogen (secondary N) is 2. The molecule has 1 aliphatic rings. The van der Waals surface area contributed by atoms with Crippen LogP contribution in [0, 0.1) is 0 Å². The molecule has 8 heteroatoms. The van der Waals surface area contributed by atoms with E-state index in [-0.39, 0.29) is 6.79 Å². The van der Waals surface area contributed by atoms with Crippen molar-refractivity contribution >= 4 is 29.0 Å². The van der Waals surface area contributed by atoms with Crippen LogP contribution in [0.25, 0.3) is 0 Å². The maximum absolute atomic E-state index is 12.2. The minimum Gasteiger partial charge on any atom is -0.495 e. The summed E-state index contributed by atoms with van der Waals surface area (Å²) in [4.78, 5) is 12.2. The molecule has 2 amide bonds. The summed E-state index contributed by atoms with van der Waals surface area (Å²) in [5.41, 5.74) is 0.983. The van der Waals surface area contributed by atoms with E-state index in [1.54, 1.807) is 30.3 Å². The molecule has 0 saturated carbocycles. The van der Waals surface area contributed by atoms with Crippen molar-refractivity contribution in [2.24, 2.45) is 0 Å². The van der Waals surface area contributed by atoms with Crippen LogP contribution in [0.5, 0.6) is 23.0 Å². The second-order valence-electron chi connectivity index (χ2n) is 4.83. The van der Waals surface area contributed by atoms with Gasteiger partial charge in [0.15, 0.2) is 11.5 Å².